The Hall–Kier alpha value is -1.46. The molecule has 4 nitrogen and oxygen atoms in total. The smallest absolute Gasteiger partial charge is 0.249 e. The molecule has 1 amide bonds. The Balaban J connectivity index is 1.30. The van der Waals surface area contributed by atoms with Crippen molar-refractivity contribution in [2.45, 2.75) is 57.3 Å². The molecule has 1 saturated carbocycles. The van der Waals surface area contributed by atoms with Crippen molar-refractivity contribution < 1.29 is 13.9 Å². The van der Waals surface area contributed by atoms with Gasteiger partial charge in [-0.05, 0) is 61.6 Å². The van der Waals surface area contributed by atoms with E-state index < -0.39 is 0 Å². The van der Waals surface area contributed by atoms with Crippen LogP contribution in [0.2, 0.25) is 0 Å². The Kier molecular flexibility index (Phi) is 5.02. The summed E-state index contributed by atoms with van der Waals surface area (Å²) in [6.07, 6.45) is 4.98. The molecule has 142 valence electrons. The lowest BCUT2D eigenvalue weighted by molar-refractivity contribution is -0.147. The van der Waals surface area contributed by atoms with Crippen LogP contribution >= 0.6 is 0 Å². The summed E-state index contributed by atoms with van der Waals surface area (Å²) in [7, 11) is 0. The summed E-state index contributed by atoms with van der Waals surface area (Å²) < 4.78 is 19.4. The minimum atomic E-state index is -0.278. The summed E-state index contributed by atoms with van der Waals surface area (Å²) in [6, 6.07) is 6.76. The summed E-state index contributed by atoms with van der Waals surface area (Å²) in [6.45, 7) is 5.80. The normalized spacial score (nSPS) is 32.1. The molecule has 1 spiro atoms. The number of rotatable bonds is 5. The number of piperidine rings is 1. The summed E-state index contributed by atoms with van der Waals surface area (Å²) in [5, 5.41) is 3.06. The number of likely N-dealkylation sites (tertiary alicyclic amines) is 1. The number of carbonyl (C=O) groups is 1. The number of halogens is 1. The van der Waals surface area contributed by atoms with Gasteiger partial charge in [-0.25, -0.2) is 4.39 Å². The Morgan fingerprint density at radius 3 is 2.73 bits per heavy atom. The van der Waals surface area contributed by atoms with Crippen molar-refractivity contribution in [1.29, 1.82) is 0 Å². The van der Waals surface area contributed by atoms with Gasteiger partial charge >= 0.3 is 0 Å². The lowest BCUT2D eigenvalue weighted by Gasteiger charge is -2.44. The van der Waals surface area contributed by atoms with E-state index in [2.05, 4.69) is 17.1 Å². The van der Waals surface area contributed by atoms with Crippen molar-refractivity contribution in [3.05, 3.63) is 35.6 Å². The van der Waals surface area contributed by atoms with Crippen LogP contribution in [0.4, 0.5) is 4.39 Å². The average molecular weight is 360 g/mol. The molecule has 3 atom stereocenters. The first kappa shape index (κ1) is 17.9. The number of benzene rings is 1. The fraction of sp³-hybridized carbons (Fsp3) is 0.667. The topological polar surface area (TPSA) is 41.6 Å². The third-order valence-corrected chi connectivity index (χ3v) is 6.36. The van der Waals surface area contributed by atoms with E-state index in [1.807, 2.05) is 12.1 Å². The first-order valence-corrected chi connectivity index (χ1v) is 9.96. The maximum absolute atomic E-state index is 13.1. The Morgan fingerprint density at radius 2 is 2.04 bits per heavy atom. The van der Waals surface area contributed by atoms with Crippen LogP contribution in [0, 0.1) is 17.7 Å². The fourth-order valence-corrected chi connectivity index (χ4v) is 4.42. The number of nitrogens with one attached hydrogen (secondary N) is 1. The summed E-state index contributed by atoms with van der Waals surface area (Å²) >= 11 is 0. The third-order valence-electron chi connectivity index (χ3n) is 6.36. The number of ether oxygens (including phenoxy) is 1. The number of carbonyl (C=O) groups excluding carboxylic acids is 1. The van der Waals surface area contributed by atoms with Gasteiger partial charge in [-0.3, -0.25) is 9.69 Å². The minimum absolute atomic E-state index is 0.0784. The maximum atomic E-state index is 13.1. The van der Waals surface area contributed by atoms with Crippen molar-refractivity contribution in [2.75, 3.05) is 19.6 Å². The molecular weight excluding hydrogens is 331 g/mol. The molecule has 0 aromatic heterocycles. The highest BCUT2D eigenvalue weighted by Crippen LogP contribution is 2.42. The molecule has 26 heavy (non-hydrogen) atoms. The van der Waals surface area contributed by atoms with Crippen molar-refractivity contribution in [2.24, 2.45) is 11.8 Å². The molecule has 3 fully saturated rings. The molecule has 1 N–H and O–H groups in total. The van der Waals surface area contributed by atoms with Gasteiger partial charge in [-0.1, -0.05) is 19.1 Å². The first-order valence-electron chi connectivity index (χ1n) is 9.96. The highest BCUT2D eigenvalue weighted by molar-refractivity contribution is 5.81. The Labute approximate surface area is 155 Å². The average Bonchev–Trinajstić information content (AvgIpc) is 3.36. The molecular formula is C21H29FN2O2. The quantitative estimate of drug-likeness (QED) is 0.877. The van der Waals surface area contributed by atoms with Crippen molar-refractivity contribution >= 4 is 5.91 Å². The van der Waals surface area contributed by atoms with Gasteiger partial charge in [0.25, 0.3) is 0 Å². The summed E-state index contributed by atoms with van der Waals surface area (Å²) in [4.78, 5) is 14.8. The van der Waals surface area contributed by atoms with Gasteiger partial charge in [0.1, 0.15) is 11.9 Å². The van der Waals surface area contributed by atoms with E-state index >= 15 is 0 Å². The van der Waals surface area contributed by atoms with E-state index in [9.17, 15) is 9.18 Å². The Morgan fingerprint density at radius 1 is 1.27 bits per heavy atom. The monoisotopic (exact) mass is 360 g/mol. The van der Waals surface area contributed by atoms with E-state index in [-0.39, 0.29) is 23.4 Å². The van der Waals surface area contributed by atoms with E-state index in [0.29, 0.717) is 11.8 Å². The first-order chi connectivity index (χ1) is 12.5. The van der Waals surface area contributed by atoms with Gasteiger partial charge in [0.15, 0.2) is 0 Å². The zero-order valence-corrected chi connectivity index (χ0v) is 15.5. The minimum Gasteiger partial charge on any atom is -0.362 e. The standard InChI is InChI=1S/C21H29FN2O2/c1-15-13-24(14-17-4-6-18(22)7-5-17)11-10-21(15)9-8-19(26-21)20(25)23-12-16-2-3-16/h4-7,15-16,19H,2-3,8-14H2,1H3,(H,23,25). The third kappa shape index (κ3) is 3.94. The van der Waals surface area contributed by atoms with Crippen LogP contribution < -0.4 is 5.32 Å². The highest BCUT2D eigenvalue weighted by Gasteiger charge is 2.48. The molecule has 4 rings (SSSR count). The predicted octanol–water partition coefficient (Wildman–Crippen LogP) is 3.11. The van der Waals surface area contributed by atoms with E-state index in [4.69, 9.17) is 4.74 Å². The number of nitrogens with zero attached hydrogens (tertiary/aromatic N) is 1. The molecule has 0 radical (unpaired) electrons. The van der Waals surface area contributed by atoms with Gasteiger partial charge in [0.05, 0.1) is 5.60 Å². The number of hydrogen-bond acceptors (Lipinski definition) is 3. The lowest BCUT2D eigenvalue weighted by Crippen LogP contribution is -2.51. The van der Waals surface area contributed by atoms with Crippen LogP contribution in [0.15, 0.2) is 24.3 Å². The molecule has 1 aliphatic carbocycles. The molecule has 1 aromatic rings. The van der Waals surface area contributed by atoms with Gasteiger partial charge in [0.2, 0.25) is 5.91 Å². The van der Waals surface area contributed by atoms with Gasteiger partial charge in [-0.2, -0.15) is 0 Å². The molecule has 1 aromatic carbocycles. The largest absolute Gasteiger partial charge is 0.362 e. The van der Waals surface area contributed by atoms with E-state index in [1.54, 1.807) is 0 Å². The van der Waals surface area contributed by atoms with Crippen molar-refractivity contribution in [1.82, 2.24) is 10.2 Å². The second-order valence-electron chi connectivity index (χ2n) is 8.41. The number of amides is 1. The van der Waals surface area contributed by atoms with Crippen molar-refractivity contribution in [3.63, 3.8) is 0 Å². The molecule has 5 heteroatoms. The predicted molar refractivity (Wildman–Crippen MR) is 98.0 cm³/mol. The lowest BCUT2D eigenvalue weighted by atomic mass is 9.80. The second kappa shape index (κ2) is 7.28. The summed E-state index contributed by atoms with van der Waals surface area (Å²) in [5.74, 6) is 0.973. The van der Waals surface area contributed by atoms with Crippen molar-refractivity contribution in [3.8, 4) is 0 Å². The second-order valence-corrected chi connectivity index (χ2v) is 8.41. The Bertz CT molecular complexity index is 646. The van der Waals surface area contributed by atoms with Crippen LogP contribution in [0.1, 0.15) is 44.6 Å². The van der Waals surface area contributed by atoms with Gasteiger partial charge < -0.3 is 10.1 Å². The fourth-order valence-electron chi connectivity index (χ4n) is 4.42. The molecule has 2 heterocycles. The molecule has 3 aliphatic rings. The summed E-state index contributed by atoms with van der Waals surface area (Å²) in [5.41, 5.74) is 0.986. The molecule has 3 unspecified atom stereocenters. The zero-order chi connectivity index (χ0) is 18.1. The molecule has 0 bridgehead atoms. The van der Waals surface area contributed by atoms with Crippen LogP contribution in [0.5, 0.6) is 0 Å². The van der Waals surface area contributed by atoms with E-state index in [1.165, 1.54) is 25.0 Å². The number of hydrogen-bond donors (Lipinski definition) is 1. The van der Waals surface area contributed by atoms with Crippen LogP contribution in [0.3, 0.4) is 0 Å². The zero-order valence-electron chi connectivity index (χ0n) is 15.5. The van der Waals surface area contributed by atoms with Crippen LogP contribution in [-0.2, 0) is 16.1 Å². The SMILES string of the molecule is CC1CN(Cc2ccc(F)cc2)CCC12CCC(C(=O)NCC1CC1)O2. The van der Waals surface area contributed by atoms with Crippen LogP contribution in [0.25, 0.3) is 0 Å². The van der Waals surface area contributed by atoms with Gasteiger partial charge in [-0.15, -0.1) is 0 Å². The van der Waals surface area contributed by atoms with E-state index in [0.717, 1.165) is 51.0 Å². The molecule has 2 aliphatic heterocycles. The van der Waals surface area contributed by atoms with Gasteiger partial charge in [0, 0.05) is 26.2 Å². The highest BCUT2D eigenvalue weighted by atomic mass is 19.1. The maximum Gasteiger partial charge on any atom is 0.249 e. The van der Waals surface area contributed by atoms with Crippen LogP contribution in [-0.4, -0.2) is 42.1 Å². The molecule has 2 saturated heterocycles.